The van der Waals surface area contributed by atoms with Crippen LogP contribution in [0.3, 0.4) is 0 Å². The number of amides is 1. The van der Waals surface area contributed by atoms with Gasteiger partial charge in [-0.2, -0.15) is 0 Å². The highest BCUT2D eigenvalue weighted by molar-refractivity contribution is 5.78. The maximum Gasteiger partial charge on any atom is 0.236 e. The van der Waals surface area contributed by atoms with Crippen molar-refractivity contribution in [1.29, 1.82) is 0 Å². The van der Waals surface area contributed by atoms with E-state index in [1.165, 1.54) is 12.0 Å². The maximum absolute atomic E-state index is 12.5. The van der Waals surface area contributed by atoms with Gasteiger partial charge in [0.05, 0.1) is 18.8 Å². The Hall–Kier alpha value is -1.43. The van der Waals surface area contributed by atoms with Crippen molar-refractivity contribution in [2.24, 2.45) is 0 Å². The van der Waals surface area contributed by atoms with Gasteiger partial charge >= 0.3 is 0 Å². The van der Waals surface area contributed by atoms with Gasteiger partial charge in [0.2, 0.25) is 5.91 Å². The van der Waals surface area contributed by atoms with E-state index in [-0.39, 0.29) is 11.5 Å². The Morgan fingerprint density at radius 1 is 1.21 bits per heavy atom. The third kappa shape index (κ3) is 4.42. The highest BCUT2D eigenvalue weighted by Crippen LogP contribution is 2.43. The number of hydrogen-bond acceptors (Lipinski definition) is 4. The number of benzene rings is 1. The van der Waals surface area contributed by atoms with Gasteiger partial charge in [-0.1, -0.05) is 44.2 Å². The average molecular weight is 386 g/mol. The van der Waals surface area contributed by atoms with E-state index >= 15 is 0 Å². The molecule has 0 aromatic heterocycles. The third-order valence-corrected chi connectivity index (χ3v) is 6.96. The zero-order valence-corrected chi connectivity index (χ0v) is 17.4. The predicted molar refractivity (Wildman–Crippen MR) is 111 cm³/mol. The molecule has 0 bridgehead atoms. The molecule has 5 nitrogen and oxygen atoms in total. The number of piperidine rings is 1. The van der Waals surface area contributed by atoms with E-state index in [0.29, 0.717) is 24.5 Å². The lowest BCUT2D eigenvalue weighted by atomic mass is 9.87. The molecule has 28 heavy (non-hydrogen) atoms. The van der Waals surface area contributed by atoms with Crippen LogP contribution >= 0.6 is 0 Å². The van der Waals surface area contributed by atoms with Crippen LogP contribution in [0.25, 0.3) is 0 Å². The minimum atomic E-state index is -0.0131. The molecule has 1 aliphatic carbocycles. The molecule has 3 atom stereocenters. The summed E-state index contributed by atoms with van der Waals surface area (Å²) in [6, 6.07) is 11.9. The van der Waals surface area contributed by atoms with Crippen molar-refractivity contribution in [3.05, 3.63) is 35.9 Å². The largest absolute Gasteiger partial charge is 0.373 e. The highest BCUT2D eigenvalue weighted by atomic mass is 16.5. The molecule has 1 aromatic rings. The van der Waals surface area contributed by atoms with Gasteiger partial charge in [-0.25, -0.2) is 0 Å². The van der Waals surface area contributed by atoms with Gasteiger partial charge < -0.3 is 15.0 Å². The summed E-state index contributed by atoms with van der Waals surface area (Å²) in [5.41, 5.74) is 1.44. The van der Waals surface area contributed by atoms with Crippen LogP contribution < -0.4 is 5.32 Å². The standard InChI is InChI=1S/C23H35N3O2/c1-3-25(4-2)16-22(27)26-12-10-23(11-13-26)15-19(17-28-23)24-21-14-20(21)18-8-6-5-7-9-18/h5-9,19-21,24H,3-4,10-17H2,1-2H3/t19?,20-,21+/m0/s1. The molecule has 1 unspecified atom stereocenters. The summed E-state index contributed by atoms with van der Waals surface area (Å²) in [6.07, 6.45) is 4.27. The van der Waals surface area contributed by atoms with E-state index in [1.807, 2.05) is 4.90 Å². The first kappa shape index (κ1) is 19.9. The molecule has 2 aliphatic heterocycles. The molecular weight excluding hydrogens is 350 g/mol. The molecule has 1 amide bonds. The van der Waals surface area contributed by atoms with E-state index in [2.05, 4.69) is 54.4 Å². The summed E-state index contributed by atoms with van der Waals surface area (Å²) >= 11 is 0. The molecule has 1 saturated carbocycles. The van der Waals surface area contributed by atoms with Crippen molar-refractivity contribution >= 4 is 5.91 Å². The van der Waals surface area contributed by atoms with Crippen molar-refractivity contribution in [3.8, 4) is 0 Å². The van der Waals surface area contributed by atoms with Crippen LogP contribution in [0, 0.1) is 0 Å². The molecule has 1 spiro atoms. The first-order chi connectivity index (χ1) is 13.6. The Morgan fingerprint density at radius 2 is 1.93 bits per heavy atom. The summed E-state index contributed by atoms with van der Waals surface area (Å²) in [6.45, 7) is 9.13. The van der Waals surface area contributed by atoms with Crippen LogP contribution in [-0.4, -0.2) is 72.7 Å². The van der Waals surface area contributed by atoms with Crippen molar-refractivity contribution < 1.29 is 9.53 Å². The number of rotatable bonds is 7. The van der Waals surface area contributed by atoms with E-state index in [0.717, 1.165) is 52.0 Å². The molecule has 5 heteroatoms. The van der Waals surface area contributed by atoms with Crippen molar-refractivity contribution in [1.82, 2.24) is 15.1 Å². The number of hydrogen-bond donors (Lipinski definition) is 1. The van der Waals surface area contributed by atoms with Gasteiger partial charge in [0.1, 0.15) is 0 Å². The first-order valence-electron chi connectivity index (χ1n) is 11.1. The van der Waals surface area contributed by atoms with Crippen LogP contribution in [0.5, 0.6) is 0 Å². The second-order valence-corrected chi connectivity index (χ2v) is 8.76. The van der Waals surface area contributed by atoms with Crippen LogP contribution in [0.15, 0.2) is 30.3 Å². The SMILES string of the molecule is CCN(CC)CC(=O)N1CCC2(CC1)CC(N[C@@H]1C[C@H]1c1ccccc1)CO2. The maximum atomic E-state index is 12.5. The molecule has 2 saturated heterocycles. The molecule has 1 aromatic carbocycles. The lowest BCUT2D eigenvalue weighted by molar-refractivity contribution is -0.137. The first-order valence-corrected chi connectivity index (χ1v) is 11.1. The Labute approximate surface area is 169 Å². The fourth-order valence-electron chi connectivity index (χ4n) is 4.95. The van der Waals surface area contributed by atoms with E-state index in [9.17, 15) is 4.79 Å². The number of ether oxygens (including phenoxy) is 1. The second kappa shape index (κ2) is 8.52. The quantitative estimate of drug-likeness (QED) is 0.784. The van der Waals surface area contributed by atoms with Crippen LogP contribution in [0.2, 0.25) is 0 Å². The molecule has 154 valence electrons. The van der Waals surface area contributed by atoms with Gasteiger partial charge in [0.25, 0.3) is 0 Å². The molecule has 2 heterocycles. The number of likely N-dealkylation sites (N-methyl/N-ethyl adjacent to an activating group) is 1. The predicted octanol–water partition coefficient (Wildman–Crippen LogP) is 2.62. The molecule has 3 aliphatic rings. The van der Waals surface area contributed by atoms with Gasteiger partial charge in [-0.05, 0) is 44.3 Å². The van der Waals surface area contributed by atoms with E-state index in [1.54, 1.807) is 0 Å². The summed E-state index contributed by atoms with van der Waals surface area (Å²) in [4.78, 5) is 16.8. The lowest BCUT2D eigenvalue weighted by Crippen LogP contribution is -2.49. The Morgan fingerprint density at radius 3 is 2.61 bits per heavy atom. The number of nitrogens with one attached hydrogen (secondary N) is 1. The smallest absolute Gasteiger partial charge is 0.236 e. The summed E-state index contributed by atoms with van der Waals surface area (Å²) in [7, 11) is 0. The Bertz CT molecular complexity index is 653. The summed E-state index contributed by atoms with van der Waals surface area (Å²) < 4.78 is 6.30. The molecule has 1 N–H and O–H groups in total. The van der Waals surface area contributed by atoms with Crippen molar-refractivity contribution in [2.75, 3.05) is 39.3 Å². The van der Waals surface area contributed by atoms with E-state index in [4.69, 9.17) is 4.74 Å². The monoisotopic (exact) mass is 385 g/mol. The van der Waals surface area contributed by atoms with Gasteiger partial charge in [-0.15, -0.1) is 0 Å². The van der Waals surface area contributed by atoms with Gasteiger partial charge in [0, 0.05) is 31.1 Å². The second-order valence-electron chi connectivity index (χ2n) is 8.76. The van der Waals surface area contributed by atoms with Crippen LogP contribution in [0.1, 0.15) is 51.0 Å². The molecule has 3 fully saturated rings. The minimum absolute atomic E-state index is 0.0131. The summed E-state index contributed by atoms with van der Waals surface area (Å²) in [5, 5.41) is 3.84. The fourth-order valence-corrected chi connectivity index (χ4v) is 4.95. The molecule has 4 rings (SSSR count). The van der Waals surface area contributed by atoms with Crippen molar-refractivity contribution in [3.63, 3.8) is 0 Å². The summed E-state index contributed by atoms with van der Waals surface area (Å²) in [5.74, 6) is 0.937. The number of carbonyl (C=O) groups excluding carboxylic acids is 1. The molecule has 0 radical (unpaired) electrons. The highest BCUT2D eigenvalue weighted by Gasteiger charge is 2.46. The van der Waals surface area contributed by atoms with Crippen LogP contribution in [0.4, 0.5) is 0 Å². The van der Waals surface area contributed by atoms with Gasteiger partial charge in [0.15, 0.2) is 0 Å². The van der Waals surface area contributed by atoms with Crippen molar-refractivity contribution in [2.45, 2.75) is 63.1 Å². The average Bonchev–Trinajstić information content (AvgIpc) is 3.40. The Kier molecular flexibility index (Phi) is 6.04. The van der Waals surface area contributed by atoms with E-state index < -0.39 is 0 Å². The third-order valence-electron chi connectivity index (χ3n) is 6.96. The topological polar surface area (TPSA) is 44.8 Å². The normalized spacial score (nSPS) is 28.8. The molecular formula is C23H35N3O2. The Balaban J connectivity index is 1.22. The number of carbonyl (C=O) groups is 1. The fraction of sp³-hybridized carbons (Fsp3) is 0.696. The zero-order chi connectivity index (χ0) is 19.6. The minimum Gasteiger partial charge on any atom is -0.373 e. The number of likely N-dealkylation sites (tertiary alicyclic amines) is 1. The lowest BCUT2D eigenvalue weighted by Gasteiger charge is -2.39. The number of nitrogens with zero attached hydrogens (tertiary/aromatic N) is 2. The van der Waals surface area contributed by atoms with Gasteiger partial charge in [-0.3, -0.25) is 9.69 Å². The zero-order valence-electron chi connectivity index (χ0n) is 17.4. The van der Waals surface area contributed by atoms with Crippen LogP contribution in [-0.2, 0) is 9.53 Å².